The summed E-state index contributed by atoms with van der Waals surface area (Å²) < 4.78 is 11.5. The molecule has 0 fully saturated rings. The minimum atomic E-state index is -0.932. The van der Waals surface area contributed by atoms with Crippen LogP contribution in [-0.2, 0) is 0 Å². The largest absolute Gasteiger partial charge is 0.497 e. The normalized spacial score (nSPS) is 19.6. The number of fused-ring (bicyclic) bond motifs is 2. The Labute approximate surface area is 245 Å². The topological polar surface area (TPSA) is 92.9 Å². The monoisotopic (exact) mass is 562 g/mol. The van der Waals surface area contributed by atoms with Crippen molar-refractivity contribution in [1.82, 2.24) is 9.88 Å². The minimum absolute atomic E-state index is 0.0597. The van der Waals surface area contributed by atoms with Crippen LogP contribution in [0.15, 0.2) is 82.8 Å². The molecule has 4 aromatic rings. The second-order valence-electron chi connectivity index (χ2n) is 12.0. The third-order valence-corrected chi connectivity index (χ3v) is 8.82. The number of nitrogens with zero attached hydrogens (tertiary/aromatic N) is 2. The highest BCUT2D eigenvalue weighted by molar-refractivity contribution is 6.01. The summed E-state index contributed by atoms with van der Waals surface area (Å²) in [5, 5.41) is 9.31. The van der Waals surface area contributed by atoms with Crippen LogP contribution in [0.5, 0.6) is 5.75 Å². The summed E-state index contributed by atoms with van der Waals surface area (Å²) >= 11 is 0. The first-order valence-corrected chi connectivity index (χ1v) is 14.1. The number of aromatic nitrogens is 1. The summed E-state index contributed by atoms with van der Waals surface area (Å²) in [6.07, 6.45) is 5.23. The van der Waals surface area contributed by atoms with E-state index in [0.717, 1.165) is 23.1 Å². The van der Waals surface area contributed by atoms with E-state index in [9.17, 15) is 14.7 Å². The lowest BCUT2D eigenvalue weighted by Crippen LogP contribution is -2.48. The fraction of sp³-hybridized carbons (Fsp3) is 0.286. The summed E-state index contributed by atoms with van der Waals surface area (Å²) in [5.74, 6) is 0.112. The first kappa shape index (κ1) is 27.5. The van der Waals surface area contributed by atoms with Crippen molar-refractivity contribution in [3.63, 3.8) is 0 Å². The highest BCUT2D eigenvalue weighted by atomic mass is 16.5. The third-order valence-electron chi connectivity index (χ3n) is 8.82. The summed E-state index contributed by atoms with van der Waals surface area (Å²) in [7, 11) is 1.62. The Hall–Kier alpha value is -4.65. The van der Waals surface area contributed by atoms with Gasteiger partial charge in [0.25, 0.3) is 5.91 Å². The van der Waals surface area contributed by atoms with Crippen LogP contribution in [-0.4, -0.2) is 47.1 Å². The lowest BCUT2D eigenvalue weighted by Gasteiger charge is -2.50. The number of carbonyl (C=O) groups excluding carboxylic acids is 1. The third kappa shape index (κ3) is 4.49. The van der Waals surface area contributed by atoms with Gasteiger partial charge < -0.3 is 19.2 Å². The number of carboxylic acid groups (broad SMARTS) is 1. The van der Waals surface area contributed by atoms with Gasteiger partial charge >= 0.3 is 5.97 Å². The van der Waals surface area contributed by atoms with Gasteiger partial charge in [0.2, 0.25) is 5.89 Å². The molecule has 42 heavy (non-hydrogen) atoms. The van der Waals surface area contributed by atoms with Crippen molar-refractivity contribution in [2.75, 3.05) is 20.2 Å². The van der Waals surface area contributed by atoms with E-state index in [-0.39, 0.29) is 22.3 Å². The molecule has 0 unspecified atom stereocenters. The second-order valence-corrected chi connectivity index (χ2v) is 12.0. The molecule has 0 radical (unpaired) electrons. The highest BCUT2D eigenvalue weighted by Crippen LogP contribution is 2.55. The van der Waals surface area contributed by atoms with Crippen LogP contribution < -0.4 is 4.74 Å². The summed E-state index contributed by atoms with van der Waals surface area (Å²) in [4.78, 5) is 32.1. The van der Waals surface area contributed by atoms with Crippen molar-refractivity contribution in [3.05, 3.63) is 101 Å². The van der Waals surface area contributed by atoms with E-state index >= 15 is 0 Å². The van der Waals surface area contributed by atoms with E-state index in [1.807, 2.05) is 60.4 Å². The molecule has 2 heterocycles. The number of aromatic carboxylic acids is 1. The average molecular weight is 563 g/mol. The van der Waals surface area contributed by atoms with Gasteiger partial charge in [-0.3, -0.25) is 4.79 Å². The quantitative estimate of drug-likeness (QED) is 0.255. The Morgan fingerprint density at radius 2 is 1.76 bits per heavy atom. The number of hydrogen-bond donors (Lipinski definition) is 1. The molecular formula is C35H34N2O5. The zero-order chi connectivity index (χ0) is 29.8. The van der Waals surface area contributed by atoms with Crippen LogP contribution in [0.4, 0.5) is 0 Å². The average Bonchev–Trinajstić information content (AvgIpc) is 3.41. The number of oxazole rings is 1. The first-order chi connectivity index (χ1) is 20.0. The number of allylic oxidation sites excluding steroid dienone is 2. The number of rotatable bonds is 5. The Morgan fingerprint density at radius 1 is 1.02 bits per heavy atom. The second kappa shape index (κ2) is 10.0. The molecule has 7 nitrogen and oxygen atoms in total. The summed E-state index contributed by atoms with van der Waals surface area (Å²) in [6.45, 7) is 9.69. The Kier molecular flexibility index (Phi) is 6.56. The van der Waals surface area contributed by atoms with Gasteiger partial charge in [-0.1, -0.05) is 62.8 Å². The van der Waals surface area contributed by atoms with Crippen LogP contribution >= 0.6 is 0 Å². The van der Waals surface area contributed by atoms with Gasteiger partial charge in [-0.15, -0.1) is 0 Å². The molecule has 0 saturated carbocycles. The maximum atomic E-state index is 14.1. The zero-order valence-electron chi connectivity index (χ0n) is 24.5. The molecule has 1 amide bonds. The van der Waals surface area contributed by atoms with Gasteiger partial charge in [0.15, 0.2) is 5.58 Å². The standard InChI is InChI=1S/C35H34N2O5/c1-21-18-24(41-5)19-28-30(21)36-31(42-28)25-8-6-7-9-26(25)32(38)37-17-15-29-34(2,3)27(14-16-35(29,4)20-37)22-10-12-23(13-11-22)33(39)40/h6-15,18-19H,16-17,20H2,1-5H3,(H,39,40)/t35-/m1/s1. The van der Waals surface area contributed by atoms with Crippen LogP contribution in [0, 0.1) is 17.8 Å². The summed E-state index contributed by atoms with van der Waals surface area (Å²) in [5.41, 5.74) is 6.78. The van der Waals surface area contributed by atoms with Crippen molar-refractivity contribution in [2.45, 2.75) is 34.1 Å². The molecule has 6 rings (SSSR count). The van der Waals surface area contributed by atoms with E-state index in [1.54, 1.807) is 19.2 Å². The van der Waals surface area contributed by atoms with Gasteiger partial charge in [0.1, 0.15) is 11.3 Å². The number of ether oxygens (including phenoxy) is 1. The van der Waals surface area contributed by atoms with E-state index in [0.29, 0.717) is 41.4 Å². The molecule has 1 atom stereocenters. The van der Waals surface area contributed by atoms with Gasteiger partial charge in [0, 0.05) is 35.5 Å². The van der Waals surface area contributed by atoms with Crippen molar-refractivity contribution >= 4 is 28.5 Å². The fourth-order valence-electron chi connectivity index (χ4n) is 6.78. The predicted molar refractivity (Wildman–Crippen MR) is 163 cm³/mol. The van der Waals surface area contributed by atoms with Gasteiger partial charge in [0.05, 0.1) is 18.2 Å². The summed E-state index contributed by atoms with van der Waals surface area (Å²) in [6, 6.07) is 18.3. The zero-order valence-corrected chi connectivity index (χ0v) is 24.5. The molecular weight excluding hydrogens is 528 g/mol. The molecule has 0 saturated heterocycles. The van der Waals surface area contributed by atoms with Crippen molar-refractivity contribution in [2.24, 2.45) is 10.8 Å². The van der Waals surface area contributed by atoms with Crippen molar-refractivity contribution < 1.29 is 23.8 Å². The van der Waals surface area contributed by atoms with E-state index in [2.05, 4.69) is 32.9 Å². The maximum absolute atomic E-state index is 14.1. The van der Waals surface area contributed by atoms with Gasteiger partial charge in [-0.2, -0.15) is 0 Å². The van der Waals surface area contributed by atoms with E-state index in [1.165, 1.54) is 11.1 Å². The molecule has 0 spiro atoms. The number of hydrogen-bond acceptors (Lipinski definition) is 5. The highest BCUT2D eigenvalue weighted by Gasteiger charge is 2.46. The molecule has 3 aromatic carbocycles. The molecule has 1 aliphatic heterocycles. The molecule has 1 aliphatic carbocycles. The first-order valence-electron chi connectivity index (χ1n) is 14.1. The van der Waals surface area contributed by atoms with E-state index in [4.69, 9.17) is 14.1 Å². The molecule has 0 bridgehead atoms. The van der Waals surface area contributed by atoms with E-state index < -0.39 is 5.97 Å². The molecule has 1 aromatic heterocycles. The predicted octanol–water partition coefficient (Wildman–Crippen LogP) is 7.41. The molecule has 214 valence electrons. The van der Waals surface area contributed by atoms with Crippen LogP contribution in [0.2, 0.25) is 0 Å². The van der Waals surface area contributed by atoms with Crippen molar-refractivity contribution in [1.29, 1.82) is 0 Å². The van der Waals surface area contributed by atoms with Gasteiger partial charge in [-0.05, 0) is 60.4 Å². The van der Waals surface area contributed by atoms with Crippen LogP contribution in [0.1, 0.15) is 59.0 Å². The molecule has 7 heteroatoms. The van der Waals surface area contributed by atoms with Crippen molar-refractivity contribution in [3.8, 4) is 17.2 Å². The van der Waals surface area contributed by atoms with Crippen LogP contribution in [0.25, 0.3) is 28.1 Å². The lowest BCUT2D eigenvalue weighted by atomic mass is 9.58. The Balaban J connectivity index is 1.30. The Morgan fingerprint density at radius 3 is 2.48 bits per heavy atom. The number of aryl methyl sites for hydroxylation is 1. The maximum Gasteiger partial charge on any atom is 0.335 e. The SMILES string of the molecule is COc1cc(C)c2nc(-c3ccccc3C(=O)N3CC=C4C(C)(C)C(c5ccc(C(=O)O)cc5)=CC[C@]4(C)C3)oc2c1. The number of amides is 1. The van der Waals surface area contributed by atoms with Gasteiger partial charge in [-0.25, -0.2) is 9.78 Å². The number of benzene rings is 3. The minimum Gasteiger partial charge on any atom is -0.497 e. The fourth-order valence-corrected chi connectivity index (χ4v) is 6.78. The molecule has 1 N–H and O–H groups in total. The number of carbonyl (C=O) groups is 2. The smallest absolute Gasteiger partial charge is 0.335 e. The Bertz CT molecular complexity index is 1790. The lowest BCUT2D eigenvalue weighted by molar-refractivity contribution is 0.0679. The number of carboxylic acids is 1. The van der Waals surface area contributed by atoms with Crippen LogP contribution in [0.3, 0.4) is 0 Å². The number of methoxy groups -OCH3 is 1. The molecule has 2 aliphatic rings.